The molecule has 1 spiro atoms. The van der Waals surface area contributed by atoms with Gasteiger partial charge in [0.1, 0.15) is 11.4 Å². The lowest BCUT2D eigenvalue weighted by atomic mass is 9.73. The lowest BCUT2D eigenvalue weighted by molar-refractivity contribution is 0.186. The molecule has 5 heteroatoms. The molecule has 0 amide bonds. The molecule has 2 aliphatic rings. The molecule has 1 saturated heterocycles. The summed E-state index contributed by atoms with van der Waals surface area (Å²) in [5.74, 6) is 6.76. The third-order valence-corrected chi connectivity index (χ3v) is 6.02. The number of nitrogens with two attached hydrogens (primary N) is 1. The minimum atomic E-state index is -0.128. The first-order valence-electron chi connectivity index (χ1n) is 9.71. The Morgan fingerprint density at radius 1 is 1.30 bits per heavy atom. The fourth-order valence-electron chi connectivity index (χ4n) is 4.50. The van der Waals surface area contributed by atoms with E-state index in [2.05, 4.69) is 51.0 Å². The fourth-order valence-corrected chi connectivity index (χ4v) is 4.50. The highest BCUT2D eigenvalue weighted by Crippen LogP contribution is 2.50. The molecule has 0 bridgehead atoms. The van der Waals surface area contributed by atoms with E-state index in [0.717, 1.165) is 44.6 Å². The first-order chi connectivity index (χ1) is 13.2. The van der Waals surface area contributed by atoms with Gasteiger partial charge in [0, 0.05) is 25.6 Å². The molecule has 0 saturated carbocycles. The molecule has 27 heavy (non-hydrogen) atoms. The van der Waals surface area contributed by atoms with Gasteiger partial charge in [-0.3, -0.25) is 0 Å². The van der Waals surface area contributed by atoms with E-state index in [0.29, 0.717) is 11.4 Å². The number of hydrogen-bond donors (Lipinski definition) is 2. The Bertz CT molecular complexity index is 891. The van der Waals surface area contributed by atoms with E-state index in [1.165, 1.54) is 11.1 Å². The number of anilines is 1. The first kappa shape index (κ1) is 18.0. The van der Waals surface area contributed by atoms with Gasteiger partial charge in [-0.2, -0.15) is 0 Å². The number of aromatic nitrogens is 2. The Kier molecular flexibility index (Phi) is 4.86. The number of piperidine rings is 1. The average Bonchev–Trinajstić information content (AvgIpc) is 2.98. The summed E-state index contributed by atoms with van der Waals surface area (Å²) in [5, 5.41) is 9.77. The molecule has 2 heterocycles. The fraction of sp³-hybridized carbons (Fsp3) is 0.455. The monoisotopic (exact) mass is 362 g/mol. The Morgan fingerprint density at radius 2 is 2.07 bits per heavy atom. The van der Waals surface area contributed by atoms with E-state index in [-0.39, 0.29) is 18.1 Å². The predicted molar refractivity (Wildman–Crippen MR) is 106 cm³/mol. The summed E-state index contributed by atoms with van der Waals surface area (Å²) in [7, 11) is 0. The van der Waals surface area contributed by atoms with Crippen LogP contribution < -0.4 is 10.6 Å². The molecule has 4 rings (SSSR count). The number of fused-ring (bicyclic) bond motifs is 1. The zero-order valence-electron chi connectivity index (χ0n) is 15.8. The molecule has 0 unspecified atom stereocenters. The number of aliphatic hydroxyl groups excluding tert-OH is 1. The molecule has 1 fully saturated rings. The molecule has 140 valence electrons. The second-order valence-electron chi connectivity index (χ2n) is 7.54. The summed E-state index contributed by atoms with van der Waals surface area (Å²) in [5.41, 5.74) is 10.7. The lowest BCUT2D eigenvalue weighted by Gasteiger charge is -2.42. The summed E-state index contributed by atoms with van der Waals surface area (Å²) in [6, 6.07) is 8.67. The molecule has 1 aromatic heterocycles. The molecule has 2 aromatic rings. The minimum absolute atomic E-state index is 0.103. The van der Waals surface area contributed by atoms with Crippen molar-refractivity contribution in [2.24, 2.45) is 11.1 Å². The van der Waals surface area contributed by atoms with E-state index >= 15 is 0 Å². The van der Waals surface area contributed by atoms with Crippen LogP contribution in [-0.2, 0) is 13.0 Å². The first-order valence-corrected chi connectivity index (χ1v) is 9.71. The van der Waals surface area contributed by atoms with Crippen LogP contribution in [0.5, 0.6) is 0 Å². The van der Waals surface area contributed by atoms with Crippen LogP contribution in [0.4, 0.5) is 5.82 Å². The maximum absolute atomic E-state index is 9.77. The van der Waals surface area contributed by atoms with Crippen molar-refractivity contribution in [3.8, 4) is 11.8 Å². The predicted octanol–water partition coefficient (Wildman–Crippen LogP) is 2.57. The molecule has 1 aromatic carbocycles. The summed E-state index contributed by atoms with van der Waals surface area (Å²) in [4.78, 5) is 11.3. The molecule has 3 N–H and O–H groups in total. The van der Waals surface area contributed by atoms with Crippen LogP contribution in [0.3, 0.4) is 0 Å². The van der Waals surface area contributed by atoms with Gasteiger partial charge in [-0.25, -0.2) is 9.97 Å². The largest absolute Gasteiger partial charge is 0.390 e. The minimum Gasteiger partial charge on any atom is -0.390 e. The van der Waals surface area contributed by atoms with Crippen molar-refractivity contribution in [3.05, 3.63) is 53.0 Å². The second kappa shape index (κ2) is 7.30. The Hall–Kier alpha value is -2.42. The third-order valence-electron chi connectivity index (χ3n) is 6.02. The van der Waals surface area contributed by atoms with Gasteiger partial charge < -0.3 is 15.7 Å². The van der Waals surface area contributed by atoms with Crippen molar-refractivity contribution in [1.82, 2.24) is 9.97 Å². The molecule has 5 nitrogen and oxygen atoms in total. The lowest BCUT2D eigenvalue weighted by Crippen LogP contribution is -2.45. The van der Waals surface area contributed by atoms with Gasteiger partial charge in [0.05, 0.1) is 12.8 Å². The van der Waals surface area contributed by atoms with Crippen molar-refractivity contribution >= 4 is 5.82 Å². The molecule has 1 aliphatic heterocycles. The maximum Gasteiger partial charge on any atom is 0.152 e. The van der Waals surface area contributed by atoms with Crippen LogP contribution in [0, 0.1) is 17.3 Å². The van der Waals surface area contributed by atoms with Crippen LogP contribution in [0.15, 0.2) is 30.5 Å². The van der Waals surface area contributed by atoms with Crippen LogP contribution >= 0.6 is 0 Å². The van der Waals surface area contributed by atoms with Crippen molar-refractivity contribution in [2.75, 3.05) is 18.0 Å². The zero-order valence-corrected chi connectivity index (χ0v) is 15.8. The maximum atomic E-state index is 9.77. The Morgan fingerprint density at radius 3 is 2.78 bits per heavy atom. The number of hydrogen-bond acceptors (Lipinski definition) is 5. The molecule has 1 atom stereocenters. The van der Waals surface area contributed by atoms with Crippen LogP contribution in [0.1, 0.15) is 54.7 Å². The van der Waals surface area contributed by atoms with Crippen LogP contribution in [0.25, 0.3) is 0 Å². The smallest absolute Gasteiger partial charge is 0.152 e. The number of benzene rings is 1. The third kappa shape index (κ3) is 3.20. The van der Waals surface area contributed by atoms with Crippen LogP contribution in [0.2, 0.25) is 0 Å². The molecular formula is C22H26N4O. The van der Waals surface area contributed by atoms with Crippen molar-refractivity contribution in [3.63, 3.8) is 0 Å². The van der Waals surface area contributed by atoms with Gasteiger partial charge in [-0.15, -0.1) is 0 Å². The average molecular weight is 362 g/mol. The van der Waals surface area contributed by atoms with Crippen molar-refractivity contribution < 1.29 is 5.11 Å². The normalized spacial score (nSPS) is 20.3. The van der Waals surface area contributed by atoms with E-state index in [1.54, 1.807) is 6.20 Å². The van der Waals surface area contributed by atoms with Crippen LogP contribution in [-0.4, -0.2) is 28.2 Å². The van der Waals surface area contributed by atoms with E-state index in [1.807, 2.05) is 6.92 Å². The topological polar surface area (TPSA) is 75.3 Å². The van der Waals surface area contributed by atoms with Crippen molar-refractivity contribution in [1.29, 1.82) is 0 Å². The molecular weight excluding hydrogens is 336 g/mol. The molecule has 0 radical (unpaired) electrons. The van der Waals surface area contributed by atoms with Gasteiger partial charge in [-0.1, -0.05) is 37.1 Å². The molecule has 1 aliphatic carbocycles. The number of aliphatic hydroxyl groups is 1. The highest BCUT2D eigenvalue weighted by atomic mass is 16.3. The van der Waals surface area contributed by atoms with Gasteiger partial charge in [-0.05, 0) is 41.7 Å². The summed E-state index contributed by atoms with van der Waals surface area (Å²) < 4.78 is 0. The Balaban J connectivity index is 1.52. The van der Waals surface area contributed by atoms with Gasteiger partial charge in [0.25, 0.3) is 0 Å². The summed E-state index contributed by atoms with van der Waals surface area (Å²) >= 11 is 0. The van der Waals surface area contributed by atoms with Crippen molar-refractivity contribution in [2.45, 2.75) is 45.3 Å². The summed E-state index contributed by atoms with van der Waals surface area (Å²) in [6.07, 6.45) is 5.58. The van der Waals surface area contributed by atoms with E-state index in [9.17, 15) is 5.11 Å². The standard InChI is InChI=1S/C22H26N4O/c1-2-3-7-17-14-24-21(19(15-27)25-17)26-11-9-22(10-12-26)13-16-6-4-5-8-18(16)20(22)23/h4-6,8,14,20,27H,2,9-13,15,23H2,1H3/t20-/m1/s1. The second-order valence-corrected chi connectivity index (χ2v) is 7.54. The summed E-state index contributed by atoms with van der Waals surface area (Å²) in [6.45, 7) is 3.63. The Labute approximate surface area is 160 Å². The van der Waals surface area contributed by atoms with Gasteiger partial charge in [0.15, 0.2) is 5.82 Å². The SMILES string of the molecule is CCC#Cc1cnc(N2CCC3(CC2)Cc2ccccc2[C@H]3N)c(CO)n1. The number of rotatable bonds is 2. The van der Waals surface area contributed by atoms with E-state index < -0.39 is 0 Å². The van der Waals surface area contributed by atoms with Gasteiger partial charge in [0.2, 0.25) is 0 Å². The highest BCUT2D eigenvalue weighted by Gasteiger charge is 2.46. The number of nitrogens with zero attached hydrogens (tertiary/aromatic N) is 3. The van der Waals surface area contributed by atoms with E-state index in [4.69, 9.17) is 5.73 Å². The van der Waals surface area contributed by atoms with Gasteiger partial charge >= 0.3 is 0 Å². The quantitative estimate of drug-likeness (QED) is 0.803. The highest BCUT2D eigenvalue weighted by molar-refractivity contribution is 5.47. The zero-order chi connectivity index (χ0) is 18.9.